The second-order valence-electron chi connectivity index (χ2n) is 8.51. The molecule has 2 amide bonds. The van der Waals surface area contributed by atoms with Crippen molar-refractivity contribution in [2.75, 3.05) is 11.9 Å². The van der Waals surface area contributed by atoms with Gasteiger partial charge in [0.05, 0.1) is 5.02 Å². The molecule has 0 aliphatic heterocycles. The Balaban J connectivity index is 1.19. The number of esters is 1. The molecule has 0 saturated carbocycles. The summed E-state index contributed by atoms with van der Waals surface area (Å²) >= 11 is 7.50. The fraction of sp³-hybridized carbons (Fsp3) is 0.107. The van der Waals surface area contributed by atoms with Crippen molar-refractivity contribution in [3.63, 3.8) is 0 Å². The van der Waals surface area contributed by atoms with Gasteiger partial charge in [0.15, 0.2) is 17.7 Å². The molecule has 0 spiro atoms. The van der Waals surface area contributed by atoms with Crippen molar-refractivity contribution < 1.29 is 28.7 Å². The van der Waals surface area contributed by atoms with Gasteiger partial charge in [-0.3, -0.25) is 24.0 Å². The third kappa shape index (κ3) is 4.69. The maximum absolute atomic E-state index is 12.9. The van der Waals surface area contributed by atoms with Gasteiger partial charge in [-0.25, -0.2) is 0 Å². The molecule has 1 atom stereocenters. The van der Waals surface area contributed by atoms with Crippen LogP contribution in [-0.2, 0) is 14.3 Å². The van der Waals surface area contributed by atoms with Crippen molar-refractivity contribution in [2.45, 2.75) is 13.0 Å². The lowest BCUT2D eigenvalue weighted by Gasteiger charge is -2.19. The number of benzene rings is 3. The Hall–Kier alpha value is -4.34. The molecule has 4 aromatic rings. The smallest absolute Gasteiger partial charge is 0.326 e. The van der Waals surface area contributed by atoms with Gasteiger partial charge >= 0.3 is 5.97 Å². The van der Waals surface area contributed by atoms with Crippen LogP contribution < -0.4 is 10.6 Å². The predicted octanol–water partition coefficient (Wildman–Crippen LogP) is 4.63. The third-order valence-corrected chi connectivity index (χ3v) is 7.68. The number of hydrogen-bond acceptors (Lipinski definition) is 7. The molecule has 190 valence electrons. The van der Waals surface area contributed by atoms with Gasteiger partial charge in [-0.2, -0.15) is 0 Å². The highest BCUT2D eigenvalue weighted by atomic mass is 35.5. The maximum atomic E-state index is 12.9. The Morgan fingerprint density at radius 2 is 1.53 bits per heavy atom. The normalized spacial score (nSPS) is 12.9. The topological polar surface area (TPSA) is 119 Å². The minimum Gasteiger partial charge on any atom is -0.451 e. The van der Waals surface area contributed by atoms with E-state index in [1.807, 2.05) is 18.2 Å². The Bertz CT molecular complexity index is 1660. The number of carbonyl (C=O) groups excluding carboxylic acids is 5. The molecule has 1 heterocycles. The summed E-state index contributed by atoms with van der Waals surface area (Å²) in [5, 5.41) is 6.09. The van der Waals surface area contributed by atoms with Crippen LogP contribution >= 0.6 is 22.9 Å². The molecule has 0 radical (unpaired) electrons. The summed E-state index contributed by atoms with van der Waals surface area (Å²) in [5.74, 6) is -2.58. The van der Waals surface area contributed by atoms with Crippen LogP contribution in [-0.4, -0.2) is 42.0 Å². The van der Waals surface area contributed by atoms with Gasteiger partial charge in [0.25, 0.3) is 11.8 Å². The first kappa shape index (κ1) is 25.3. The number of fused-ring (bicyclic) bond motifs is 3. The van der Waals surface area contributed by atoms with Gasteiger partial charge in [0.1, 0.15) is 11.4 Å². The van der Waals surface area contributed by atoms with E-state index in [1.54, 1.807) is 30.3 Å². The van der Waals surface area contributed by atoms with Crippen LogP contribution in [0.15, 0.2) is 66.7 Å². The molecule has 1 aliphatic carbocycles. The molecule has 5 rings (SSSR count). The number of carbonyl (C=O) groups is 5. The Morgan fingerprint density at radius 1 is 0.895 bits per heavy atom. The average Bonchev–Trinajstić information content (AvgIpc) is 3.26. The second-order valence-corrected chi connectivity index (χ2v) is 9.94. The van der Waals surface area contributed by atoms with Gasteiger partial charge in [-0.1, -0.05) is 54.1 Å². The maximum Gasteiger partial charge on any atom is 0.326 e. The van der Waals surface area contributed by atoms with E-state index in [0.29, 0.717) is 16.1 Å². The van der Waals surface area contributed by atoms with Crippen LogP contribution in [0.3, 0.4) is 0 Å². The zero-order chi connectivity index (χ0) is 27.0. The van der Waals surface area contributed by atoms with Crippen LogP contribution in [0.5, 0.6) is 0 Å². The van der Waals surface area contributed by atoms with Crippen molar-refractivity contribution in [3.8, 4) is 0 Å². The van der Waals surface area contributed by atoms with Crippen molar-refractivity contribution in [1.29, 1.82) is 0 Å². The first-order chi connectivity index (χ1) is 18.2. The number of nitrogens with one attached hydrogen (secondary N) is 2. The first-order valence-corrected chi connectivity index (χ1v) is 12.7. The molecular weight excluding hydrogens is 528 g/mol. The standard InChI is InChI=1S/C28H19ClN2O6S/c1-14(37-22(32)13-30-28(36)26-23(29)19-8-4-5-9-21(19)38-26)27(35)31-15-10-11-18-20(12-15)25(34)17-7-3-2-6-16(17)24(18)33/h2-12,14H,13H2,1H3,(H,30,36)(H,31,35). The third-order valence-electron chi connectivity index (χ3n) is 6.00. The lowest BCUT2D eigenvalue weighted by molar-refractivity contribution is -0.152. The summed E-state index contributed by atoms with van der Waals surface area (Å²) in [6, 6.07) is 18.2. The van der Waals surface area contributed by atoms with E-state index in [2.05, 4.69) is 10.6 Å². The zero-order valence-electron chi connectivity index (χ0n) is 19.9. The lowest BCUT2D eigenvalue weighted by atomic mass is 9.84. The lowest BCUT2D eigenvalue weighted by Crippen LogP contribution is -2.35. The minimum atomic E-state index is -1.19. The second kappa shape index (κ2) is 10.2. The molecule has 38 heavy (non-hydrogen) atoms. The van der Waals surface area contributed by atoms with E-state index >= 15 is 0 Å². The summed E-state index contributed by atoms with van der Waals surface area (Å²) in [6.07, 6.45) is -1.19. The monoisotopic (exact) mass is 546 g/mol. The van der Waals surface area contributed by atoms with Gasteiger partial charge in [0, 0.05) is 38.0 Å². The number of ketones is 2. The van der Waals surface area contributed by atoms with Gasteiger partial charge in [-0.15, -0.1) is 11.3 Å². The fourth-order valence-electron chi connectivity index (χ4n) is 4.11. The summed E-state index contributed by atoms with van der Waals surface area (Å²) < 4.78 is 5.98. The Morgan fingerprint density at radius 3 is 2.24 bits per heavy atom. The number of amides is 2. The van der Waals surface area contributed by atoms with Crippen molar-refractivity contribution in [3.05, 3.63) is 98.9 Å². The number of rotatable bonds is 6. The number of hydrogen-bond donors (Lipinski definition) is 2. The molecule has 3 aromatic carbocycles. The highest BCUT2D eigenvalue weighted by Crippen LogP contribution is 2.35. The van der Waals surface area contributed by atoms with E-state index in [1.165, 1.54) is 36.5 Å². The Labute approximate surface area is 225 Å². The Kier molecular flexibility index (Phi) is 6.79. The van der Waals surface area contributed by atoms with Crippen LogP contribution in [0.2, 0.25) is 5.02 Å². The molecule has 1 aliphatic rings. The van der Waals surface area contributed by atoms with E-state index in [-0.39, 0.29) is 33.3 Å². The van der Waals surface area contributed by atoms with Crippen LogP contribution in [0.4, 0.5) is 5.69 Å². The number of thiophene rings is 1. The van der Waals surface area contributed by atoms with Crippen molar-refractivity contribution in [1.82, 2.24) is 5.32 Å². The molecule has 10 heteroatoms. The molecule has 2 N–H and O–H groups in total. The summed E-state index contributed by atoms with van der Waals surface area (Å²) in [4.78, 5) is 63.3. The van der Waals surface area contributed by atoms with Crippen LogP contribution in [0.1, 0.15) is 48.4 Å². The number of ether oxygens (including phenoxy) is 1. The van der Waals surface area contributed by atoms with Gasteiger partial charge in [0.2, 0.25) is 0 Å². The average molecular weight is 547 g/mol. The van der Waals surface area contributed by atoms with Crippen LogP contribution in [0, 0.1) is 0 Å². The number of halogens is 1. The molecule has 1 unspecified atom stereocenters. The van der Waals surface area contributed by atoms with Crippen molar-refractivity contribution >= 4 is 68.1 Å². The molecule has 0 bridgehead atoms. The summed E-state index contributed by atoms with van der Waals surface area (Å²) in [5.41, 5.74) is 1.34. The molecular formula is C28H19ClN2O6S. The zero-order valence-corrected chi connectivity index (χ0v) is 21.4. The quantitative estimate of drug-likeness (QED) is 0.300. The first-order valence-electron chi connectivity index (χ1n) is 11.5. The van der Waals surface area contributed by atoms with E-state index in [9.17, 15) is 24.0 Å². The molecule has 0 fully saturated rings. The molecule has 0 saturated heterocycles. The summed E-state index contributed by atoms with van der Waals surface area (Å²) in [7, 11) is 0. The highest BCUT2D eigenvalue weighted by Gasteiger charge is 2.30. The molecule has 8 nitrogen and oxygen atoms in total. The van der Waals surface area contributed by atoms with Crippen molar-refractivity contribution in [2.24, 2.45) is 0 Å². The molecule has 1 aromatic heterocycles. The number of anilines is 1. The predicted molar refractivity (Wildman–Crippen MR) is 143 cm³/mol. The highest BCUT2D eigenvalue weighted by molar-refractivity contribution is 7.21. The van der Waals surface area contributed by atoms with Gasteiger partial charge in [-0.05, 0) is 31.2 Å². The van der Waals surface area contributed by atoms with E-state index < -0.39 is 30.4 Å². The van der Waals surface area contributed by atoms with E-state index in [0.717, 1.165) is 10.1 Å². The SMILES string of the molecule is CC(OC(=O)CNC(=O)c1sc2ccccc2c1Cl)C(=O)Nc1ccc2c(c1)C(=O)c1ccccc1C2=O. The van der Waals surface area contributed by atoms with Gasteiger partial charge < -0.3 is 15.4 Å². The summed E-state index contributed by atoms with van der Waals surface area (Å²) in [6.45, 7) is 0.914. The largest absolute Gasteiger partial charge is 0.451 e. The van der Waals surface area contributed by atoms with E-state index in [4.69, 9.17) is 16.3 Å². The minimum absolute atomic E-state index is 0.179. The van der Waals surface area contributed by atoms with Crippen LogP contribution in [0.25, 0.3) is 10.1 Å². The fourth-order valence-corrected chi connectivity index (χ4v) is 5.54.